The Hall–Kier alpha value is -3.07. The molecule has 1 aliphatic heterocycles. The Morgan fingerprint density at radius 2 is 1.94 bits per heavy atom. The van der Waals surface area contributed by atoms with E-state index in [1.54, 1.807) is 0 Å². The summed E-state index contributed by atoms with van der Waals surface area (Å²) in [6, 6.07) is 4.24. The minimum atomic E-state index is -3.73. The second-order valence-electron chi connectivity index (χ2n) is 9.38. The summed E-state index contributed by atoms with van der Waals surface area (Å²) in [7, 11) is -3.73. The van der Waals surface area contributed by atoms with E-state index in [1.807, 2.05) is 4.57 Å². The predicted octanol–water partition coefficient (Wildman–Crippen LogP) is 1.91. The lowest BCUT2D eigenvalue weighted by Gasteiger charge is -2.30. The molecule has 1 aromatic carbocycles. The van der Waals surface area contributed by atoms with Crippen molar-refractivity contribution in [3.05, 3.63) is 46.3 Å². The molecule has 1 fully saturated rings. The van der Waals surface area contributed by atoms with Crippen molar-refractivity contribution < 1.29 is 12.8 Å². The normalized spacial score (nSPS) is 18.6. The first-order valence-corrected chi connectivity index (χ1v) is 13.3. The fraction of sp³-hybridized carbons (Fsp3) is 0.458. The van der Waals surface area contributed by atoms with Crippen LogP contribution in [0.4, 0.5) is 10.2 Å². The van der Waals surface area contributed by atoms with Crippen LogP contribution in [0.1, 0.15) is 53.8 Å². The van der Waals surface area contributed by atoms with Crippen molar-refractivity contribution in [2.45, 2.75) is 51.5 Å². The lowest BCUT2D eigenvalue weighted by molar-refractivity contribution is 0.249. The number of halogens is 1. The predicted molar refractivity (Wildman–Crippen MR) is 131 cm³/mol. The maximum absolute atomic E-state index is 14.1. The van der Waals surface area contributed by atoms with Gasteiger partial charge < -0.3 is 10.3 Å². The number of fused-ring (bicyclic) bond motifs is 2. The minimum absolute atomic E-state index is 0.0170. The van der Waals surface area contributed by atoms with E-state index in [2.05, 4.69) is 33.0 Å². The van der Waals surface area contributed by atoms with Crippen LogP contribution < -0.4 is 10.9 Å². The fourth-order valence-corrected chi connectivity index (χ4v) is 6.14. The molecule has 3 aromatic rings. The lowest BCUT2D eigenvalue weighted by Crippen LogP contribution is -2.43. The molecule has 1 unspecified atom stereocenters. The molecule has 0 saturated carbocycles. The van der Waals surface area contributed by atoms with Gasteiger partial charge in [0.15, 0.2) is 17.0 Å². The highest BCUT2D eigenvalue weighted by molar-refractivity contribution is 7.86. The lowest BCUT2D eigenvalue weighted by atomic mass is 9.96. The largest absolute Gasteiger partial charge is 0.382 e. The number of piperidine rings is 1. The molecule has 0 amide bonds. The quantitative estimate of drug-likeness (QED) is 0.395. The van der Waals surface area contributed by atoms with Crippen LogP contribution in [0, 0.1) is 24.3 Å². The summed E-state index contributed by atoms with van der Waals surface area (Å²) in [6.45, 7) is 1.26. The Morgan fingerprint density at radius 3 is 2.69 bits per heavy atom. The van der Waals surface area contributed by atoms with E-state index in [0.29, 0.717) is 49.5 Å². The number of hydrogen-bond acceptors (Lipinski definition) is 6. The summed E-state index contributed by atoms with van der Waals surface area (Å²) in [5.74, 6) is 3.56. The first-order chi connectivity index (χ1) is 16.7. The van der Waals surface area contributed by atoms with Crippen molar-refractivity contribution in [2.75, 3.05) is 18.8 Å². The van der Waals surface area contributed by atoms with Crippen LogP contribution >= 0.6 is 0 Å². The molecule has 4 N–H and O–H groups in total. The number of nitrogens with zero attached hydrogens (tertiary/aromatic N) is 5. The summed E-state index contributed by atoms with van der Waals surface area (Å²) in [4.78, 5) is 12.3. The summed E-state index contributed by atoms with van der Waals surface area (Å²) < 4.78 is 40.9. The number of hydrogen-bond donors (Lipinski definition) is 2. The third-order valence-electron chi connectivity index (χ3n) is 7.10. The number of aryl methyl sites for hydroxylation is 3. The molecule has 1 saturated heterocycles. The number of rotatable bonds is 6. The maximum atomic E-state index is 14.1. The highest BCUT2D eigenvalue weighted by Gasteiger charge is 2.27. The molecule has 0 spiro atoms. The van der Waals surface area contributed by atoms with Crippen molar-refractivity contribution in [3.8, 4) is 12.3 Å². The molecule has 1 atom stereocenters. The standard InChI is InChI=1S/C24H28FN7O2S/c1-2-16-11-17-6-3-7-18(17)12-19(16)13-20-28-21-22(26)29-24(25)30-23(21)32(20)10-8-15-5-4-9-31(14-15)35(27,33)34/h1,11-12,15H,3-10,13-14H2,(H2,26,29,30)(H2,27,33,34). The number of nitrogen functional groups attached to an aromatic ring is 1. The van der Waals surface area contributed by atoms with Crippen LogP contribution in [0.25, 0.3) is 11.2 Å². The molecule has 0 bridgehead atoms. The topological polar surface area (TPSA) is 133 Å². The zero-order valence-electron chi connectivity index (χ0n) is 19.4. The molecule has 35 heavy (non-hydrogen) atoms. The first kappa shape index (κ1) is 23.7. The smallest absolute Gasteiger partial charge is 0.312 e. The number of benzene rings is 1. The monoisotopic (exact) mass is 497 g/mol. The van der Waals surface area contributed by atoms with E-state index in [1.165, 1.54) is 15.4 Å². The zero-order chi connectivity index (χ0) is 24.7. The molecule has 3 heterocycles. The highest BCUT2D eigenvalue weighted by atomic mass is 32.2. The number of aromatic nitrogens is 4. The molecule has 2 aromatic heterocycles. The molecule has 9 nitrogen and oxygen atoms in total. The van der Waals surface area contributed by atoms with Crippen molar-refractivity contribution in [1.29, 1.82) is 0 Å². The van der Waals surface area contributed by atoms with Gasteiger partial charge in [-0.3, -0.25) is 0 Å². The van der Waals surface area contributed by atoms with Gasteiger partial charge in [-0.05, 0) is 67.2 Å². The van der Waals surface area contributed by atoms with Crippen molar-refractivity contribution in [1.82, 2.24) is 23.8 Å². The maximum Gasteiger partial charge on any atom is 0.312 e. The van der Waals surface area contributed by atoms with E-state index in [-0.39, 0.29) is 11.7 Å². The van der Waals surface area contributed by atoms with E-state index in [4.69, 9.17) is 17.3 Å². The minimum Gasteiger partial charge on any atom is -0.382 e. The number of imidazole rings is 1. The molecular formula is C24H28FN7O2S. The SMILES string of the molecule is C#Cc1cc2c(cc1Cc1nc3c(N)nc(F)nc3n1CCC1CCCN(S(N)(=O)=O)C1)CCC2. The zero-order valence-corrected chi connectivity index (χ0v) is 20.2. The van der Waals surface area contributed by atoms with Gasteiger partial charge in [0.25, 0.3) is 10.2 Å². The average Bonchev–Trinajstić information content (AvgIpc) is 3.41. The van der Waals surface area contributed by atoms with Crippen LogP contribution in [0.3, 0.4) is 0 Å². The molecule has 2 aliphatic rings. The van der Waals surface area contributed by atoms with E-state index in [0.717, 1.165) is 43.2 Å². The van der Waals surface area contributed by atoms with Crippen LogP contribution in [0.15, 0.2) is 12.1 Å². The highest BCUT2D eigenvalue weighted by Crippen LogP contribution is 2.29. The van der Waals surface area contributed by atoms with E-state index >= 15 is 0 Å². The van der Waals surface area contributed by atoms with E-state index < -0.39 is 16.3 Å². The molecular weight excluding hydrogens is 469 g/mol. The molecule has 1 aliphatic carbocycles. The number of terminal acetylenes is 1. The number of anilines is 1. The Kier molecular flexibility index (Phi) is 6.21. The van der Waals surface area contributed by atoms with Crippen molar-refractivity contribution in [2.24, 2.45) is 11.1 Å². The molecule has 11 heteroatoms. The second kappa shape index (κ2) is 9.18. The van der Waals surface area contributed by atoms with Gasteiger partial charge in [-0.1, -0.05) is 12.0 Å². The van der Waals surface area contributed by atoms with Crippen LogP contribution in [-0.2, 0) is 36.0 Å². The van der Waals surface area contributed by atoms with E-state index in [9.17, 15) is 12.8 Å². The van der Waals surface area contributed by atoms with Crippen LogP contribution in [0.2, 0.25) is 0 Å². The van der Waals surface area contributed by atoms with Gasteiger partial charge in [0.2, 0.25) is 0 Å². The van der Waals surface area contributed by atoms with Gasteiger partial charge in [0.1, 0.15) is 5.82 Å². The summed E-state index contributed by atoms with van der Waals surface area (Å²) in [5, 5.41) is 5.34. The average molecular weight is 498 g/mol. The number of nitrogens with two attached hydrogens (primary N) is 2. The van der Waals surface area contributed by atoms with Gasteiger partial charge in [0.05, 0.1) is 0 Å². The van der Waals surface area contributed by atoms with Gasteiger partial charge in [-0.25, -0.2) is 10.1 Å². The second-order valence-corrected chi connectivity index (χ2v) is 10.9. The Morgan fingerprint density at radius 1 is 1.17 bits per heavy atom. The third-order valence-corrected chi connectivity index (χ3v) is 8.15. The molecule has 5 rings (SSSR count). The first-order valence-electron chi connectivity index (χ1n) is 11.8. The van der Waals surface area contributed by atoms with Gasteiger partial charge in [-0.15, -0.1) is 6.42 Å². The Bertz CT molecular complexity index is 1440. The summed E-state index contributed by atoms with van der Waals surface area (Å²) in [5.41, 5.74) is 11.1. The van der Waals surface area contributed by atoms with Gasteiger partial charge in [0, 0.05) is 31.6 Å². The van der Waals surface area contributed by atoms with Crippen molar-refractivity contribution >= 4 is 27.2 Å². The van der Waals surface area contributed by atoms with Gasteiger partial charge >= 0.3 is 6.08 Å². The van der Waals surface area contributed by atoms with Crippen LogP contribution in [-0.4, -0.2) is 45.3 Å². The summed E-state index contributed by atoms with van der Waals surface area (Å²) in [6.07, 6.45) is 10.8. The third kappa shape index (κ3) is 4.74. The Labute approximate surface area is 203 Å². The molecule has 184 valence electrons. The molecule has 0 radical (unpaired) electrons. The Balaban J connectivity index is 1.48. The van der Waals surface area contributed by atoms with Gasteiger partial charge in [-0.2, -0.15) is 27.1 Å². The summed E-state index contributed by atoms with van der Waals surface area (Å²) >= 11 is 0. The fourth-order valence-electron chi connectivity index (χ4n) is 5.34. The van der Waals surface area contributed by atoms with Crippen LogP contribution in [0.5, 0.6) is 0 Å². The van der Waals surface area contributed by atoms with Crippen molar-refractivity contribution in [3.63, 3.8) is 0 Å².